The highest BCUT2D eigenvalue weighted by molar-refractivity contribution is 7.10. The van der Waals surface area contributed by atoms with Crippen LogP contribution in [-0.2, 0) is 6.61 Å². The van der Waals surface area contributed by atoms with Gasteiger partial charge in [0.05, 0.1) is 0 Å². The molecule has 0 radical (unpaired) electrons. The van der Waals surface area contributed by atoms with Crippen molar-refractivity contribution in [2.24, 2.45) is 0 Å². The van der Waals surface area contributed by atoms with E-state index in [-0.39, 0.29) is 0 Å². The maximum Gasteiger partial charge on any atom is 0.141 e. The van der Waals surface area contributed by atoms with E-state index in [1.54, 1.807) is 12.1 Å². The number of nitrogens with zero attached hydrogens (tertiary/aromatic N) is 2. The Balaban J connectivity index is 2.02. The Morgan fingerprint density at radius 3 is 2.87 bits per heavy atom. The fourth-order valence-corrected chi connectivity index (χ4v) is 1.77. The van der Waals surface area contributed by atoms with E-state index in [2.05, 4.69) is 9.59 Å². The average Bonchev–Trinajstić information content (AvgIpc) is 2.61. The van der Waals surface area contributed by atoms with Crippen LogP contribution in [0, 0.1) is 0 Å². The fraction of sp³-hybridized carbons (Fsp3) is 0.111. The van der Waals surface area contributed by atoms with Crippen LogP contribution in [0.5, 0.6) is 5.75 Å². The third-order valence-corrected chi connectivity index (χ3v) is 2.90. The molecule has 6 heteroatoms. The molecule has 0 aliphatic carbocycles. The lowest BCUT2D eigenvalue weighted by atomic mass is 10.3. The summed E-state index contributed by atoms with van der Waals surface area (Å²) in [4.78, 5) is 0. The molecule has 78 valence electrons. The highest BCUT2D eigenvalue weighted by Crippen LogP contribution is 2.21. The Morgan fingerprint density at radius 1 is 1.33 bits per heavy atom. The van der Waals surface area contributed by atoms with Gasteiger partial charge >= 0.3 is 0 Å². The zero-order valence-corrected chi connectivity index (χ0v) is 9.81. The molecule has 0 aliphatic rings. The second-order valence-electron chi connectivity index (χ2n) is 2.74. The topological polar surface area (TPSA) is 35.0 Å². The number of hydrogen-bond donors (Lipinski definition) is 0. The Hall–Kier alpha value is -0.840. The third kappa shape index (κ3) is 2.81. The largest absolute Gasteiger partial charge is 0.487 e. The standard InChI is InChI=1S/C9H6Cl2N2OS/c10-6-2-1-3-7(4-6)14-5-8-9(11)15-13-12-8/h1-4H,5H2. The van der Waals surface area contributed by atoms with Crippen molar-refractivity contribution in [1.29, 1.82) is 0 Å². The molecule has 1 aromatic heterocycles. The molecule has 0 saturated carbocycles. The lowest BCUT2D eigenvalue weighted by molar-refractivity contribution is 0.301. The average molecular weight is 261 g/mol. The van der Waals surface area contributed by atoms with Crippen LogP contribution < -0.4 is 4.74 Å². The van der Waals surface area contributed by atoms with E-state index in [0.717, 1.165) is 11.5 Å². The van der Waals surface area contributed by atoms with Gasteiger partial charge in [-0.25, -0.2) is 0 Å². The fourth-order valence-electron chi connectivity index (χ4n) is 0.992. The molecule has 0 atom stereocenters. The minimum absolute atomic E-state index is 0.301. The van der Waals surface area contributed by atoms with Crippen molar-refractivity contribution in [2.75, 3.05) is 0 Å². The zero-order valence-electron chi connectivity index (χ0n) is 7.48. The lowest BCUT2D eigenvalue weighted by Crippen LogP contribution is -1.96. The number of ether oxygens (including phenoxy) is 1. The van der Waals surface area contributed by atoms with Crippen LogP contribution in [-0.4, -0.2) is 9.59 Å². The first-order chi connectivity index (χ1) is 7.25. The molecule has 0 fully saturated rings. The number of rotatable bonds is 3. The molecule has 0 unspecified atom stereocenters. The maximum atomic E-state index is 5.82. The highest BCUT2D eigenvalue weighted by Gasteiger charge is 2.05. The van der Waals surface area contributed by atoms with E-state index >= 15 is 0 Å². The Kier molecular flexibility index (Phi) is 3.41. The van der Waals surface area contributed by atoms with Gasteiger partial charge in [0.2, 0.25) is 0 Å². The number of hydrogen-bond acceptors (Lipinski definition) is 4. The van der Waals surface area contributed by atoms with Crippen LogP contribution in [0.15, 0.2) is 24.3 Å². The van der Waals surface area contributed by atoms with E-state index in [1.165, 1.54) is 0 Å². The summed E-state index contributed by atoms with van der Waals surface area (Å²) in [6.07, 6.45) is 0. The van der Waals surface area contributed by atoms with Crippen molar-refractivity contribution in [2.45, 2.75) is 6.61 Å². The number of halogens is 2. The second-order valence-corrected chi connectivity index (χ2v) is 4.53. The van der Waals surface area contributed by atoms with Crippen molar-refractivity contribution in [3.63, 3.8) is 0 Å². The SMILES string of the molecule is Clc1cccc(OCc2nnsc2Cl)c1. The van der Waals surface area contributed by atoms with Crippen molar-refractivity contribution in [3.05, 3.63) is 39.3 Å². The van der Waals surface area contributed by atoms with Gasteiger partial charge in [-0.05, 0) is 18.2 Å². The van der Waals surface area contributed by atoms with E-state index in [9.17, 15) is 0 Å². The first-order valence-electron chi connectivity index (χ1n) is 4.11. The van der Waals surface area contributed by atoms with Crippen LogP contribution in [0.3, 0.4) is 0 Å². The minimum Gasteiger partial charge on any atom is -0.487 e. The summed E-state index contributed by atoms with van der Waals surface area (Å²) < 4.78 is 9.71. The number of benzene rings is 1. The van der Waals surface area contributed by atoms with Crippen molar-refractivity contribution in [1.82, 2.24) is 9.59 Å². The van der Waals surface area contributed by atoms with Crippen LogP contribution in [0.25, 0.3) is 0 Å². The molecule has 2 rings (SSSR count). The number of aromatic nitrogens is 2. The van der Waals surface area contributed by atoms with Crippen molar-refractivity contribution < 1.29 is 4.74 Å². The van der Waals surface area contributed by atoms with Gasteiger partial charge in [-0.2, -0.15) is 0 Å². The molecule has 0 bridgehead atoms. The normalized spacial score (nSPS) is 10.3. The predicted molar refractivity (Wildman–Crippen MR) is 60.7 cm³/mol. The summed E-state index contributed by atoms with van der Waals surface area (Å²) in [6.45, 7) is 0.301. The Bertz CT molecular complexity index is 461. The quantitative estimate of drug-likeness (QED) is 0.849. The molecule has 1 heterocycles. The maximum absolute atomic E-state index is 5.82. The predicted octanol–water partition coefficient (Wildman–Crippen LogP) is 3.42. The van der Waals surface area contributed by atoms with Crippen LogP contribution in [0.1, 0.15) is 5.69 Å². The summed E-state index contributed by atoms with van der Waals surface area (Å²) in [6, 6.07) is 7.15. The van der Waals surface area contributed by atoms with Gasteiger partial charge in [0.1, 0.15) is 22.4 Å². The smallest absolute Gasteiger partial charge is 0.141 e. The molecule has 15 heavy (non-hydrogen) atoms. The van der Waals surface area contributed by atoms with Gasteiger partial charge in [0, 0.05) is 16.6 Å². The van der Waals surface area contributed by atoms with E-state index in [4.69, 9.17) is 27.9 Å². The molecular weight excluding hydrogens is 255 g/mol. The minimum atomic E-state index is 0.301. The van der Waals surface area contributed by atoms with Gasteiger partial charge in [-0.3, -0.25) is 0 Å². The first kappa shape index (κ1) is 10.7. The van der Waals surface area contributed by atoms with Gasteiger partial charge in [0.15, 0.2) is 0 Å². The molecule has 0 spiro atoms. The summed E-state index contributed by atoms with van der Waals surface area (Å²) in [5.41, 5.74) is 0.640. The molecular formula is C9H6Cl2N2OS. The zero-order chi connectivity index (χ0) is 10.7. The van der Waals surface area contributed by atoms with Crippen LogP contribution in [0.4, 0.5) is 0 Å². The monoisotopic (exact) mass is 260 g/mol. The van der Waals surface area contributed by atoms with Gasteiger partial charge in [-0.15, -0.1) is 5.10 Å². The molecule has 2 aromatic rings. The summed E-state index contributed by atoms with van der Waals surface area (Å²) >= 11 is 12.8. The van der Waals surface area contributed by atoms with E-state index in [1.807, 2.05) is 12.1 Å². The summed E-state index contributed by atoms with van der Waals surface area (Å²) in [5.74, 6) is 0.687. The van der Waals surface area contributed by atoms with Gasteiger partial charge in [-0.1, -0.05) is 33.8 Å². The molecule has 0 N–H and O–H groups in total. The third-order valence-electron chi connectivity index (χ3n) is 1.68. The van der Waals surface area contributed by atoms with E-state index in [0.29, 0.717) is 27.4 Å². The Labute approximate surface area is 101 Å². The lowest BCUT2D eigenvalue weighted by Gasteiger charge is -2.03. The Morgan fingerprint density at radius 2 is 2.20 bits per heavy atom. The van der Waals surface area contributed by atoms with E-state index < -0.39 is 0 Å². The van der Waals surface area contributed by atoms with Gasteiger partial charge < -0.3 is 4.74 Å². The summed E-state index contributed by atoms with van der Waals surface area (Å²) in [5, 5.41) is 4.47. The first-order valence-corrected chi connectivity index (χ1v) is 5.64. The second kappa shape index (κ2) is 4.79. The van der Waals surface area contributed by atoms with Crippen molar-refractivity contribution >= 4 is 34.7 Å². The molecule has 0 saturated heterocycles. The van der Waals surface area contributed by atoms with Crippen molar-refractivity contribution in [3.8, 4) is 5.75 Å². The summed E-state index contributed by atoms with van der Waals surface area (Å²) in [7, 11) is 0. The highest BCUT2D eigenvalue weighted by atomic mass is 35.5. The molecule has 1 aromatic carbocycles. The van der Waals surface area contributed by atoms with Crippen LogP contribution >= 0.6 is 34.7 Å². The van der Waals surface area contributed by atoms with Crippen LogP contribution in [0.2, 0.25) is 9.36 Å². The molecule has 3 nitrogen and oxygen atoms in total. The molecule has 0 amide bonds. The molecule has 0 aliphatic heterocycles. The van der Waals surface area contributed by atoms with Gasteiger partial charge in [0.25, 0.3) is 0 Å².